The Kier molecular flexibility index (Phi) is 6.14. The number of hydrogen-bond acceptors (Lipinski definition) is 4. The zero-order valence-corrected chi connectivity index (χ0v) is 12.4. The minimum absolute atomic E-state index is 0.258. The van der Waals surface area contributed by atoms with E-state index in [4.69, 9.17) is 9.47 Å². The maximum absolute atomic E-state index is 6.02. The van der Waals surface area contributed by atoms with Gasteiger partial charge in [-0.1, -0.05) is 13.8 Å². The summed E-state index contributed by atoms with van der Waals surface area (Å²) in [6.45, 7) is 10.3. The summed E-state index contributed by atoms with van der Waals surface area (Å²) in [6.07, 6.45) is 5.68. The highest BCUT2D eigenvalue weighted by Crippen LogP contribution is 2.21. The van der Waals surface area contributed by atoms with Crippen molar-refractivity contribution in [1.29, 1.82) is 0 Å². The Morgan fingerprint density at radius 2 is 2.32 bits per heavy atom. The predicted molar refractivity (Wildman–Crippen MR) is 77.2 cm³/mol. The van der Waals surface area contributed by atoms with Crippen molar-refractivity contribution in [3.8, 4) is 0 Å². The number of likely N-dealkylation sites (N-methyl/N-ethyl adjacent to an activating group) is 1. The second-order valence-corrected chi connectivity index (χ2v) is 5.41. The van der Waals surface area contributed by atoms with Crippen molar-refractivity contribution in [2.75, 3.05) is 39.4 Å². The second kappa shape index (κ2) is 7.88. The molecule has 19 heavy (non-hydrogen) atoms. The maximum Gasteiger partial charge on any atom is 0.0894 e. The molecule has 0 spiro atoms. The zero-order chi connectivity index (χ0) is 13.5. The molecule has 0 amide bonds. The van der Waals surface area contributed by atoms with Gasteiger partial charge < -0.3 is 14.8 Å². The summed E-state index contributed by atoms with van der Waals surface area (Å²) >= 11 is 0. The van der Waals surface area contributed by atoms with Crippen molar-refractivity contribution in [2.24, 2.45) is 0 Å². The topological polar surface area (TPSA) is 33.7 Å². The van der Waals surface area contributed by atoms with Gasteiger partial charge in [-0.25, -0.2) is 0 Å². The molecule has 1 saturated heterocycles. The molecule has 2 unspecified atom stereocenters. The monoisotopic (exact) mass is 268 g/mol. The molecular formula is C15H28N2O2. The molecule has 0 radical (unpaired) electrons. The molecule has 0 bridgehead atoms. The smallest absolute Gasteiger partial charge is 0.0894 e. The third kappa shape index (κ3) is 4.20. The zero-order valence-electron chi connectivity index (χ0n) is 12.4. The van der Waals surface area contributed by atoms with Crippen molar-refractivity contribution in [3.05, 3.63) is 11.8 Å². The maximum atomic E-state index is 6.02. The van der Waals surface area contributed by atoms with Gasteiger partial charge in [0, 0.05) is 13.1 Å². The fraction of sp³-hybridized carbons (Fsp3) is 0.867. The molecule has 0 aliphatic carbocycles. The third-order valence-electron chi connectivity index (χ3n) is 3.88. The average molecular weight is 268 g/mol. The highest BCUT2D eigenvalue weighted by atomic mass is 16.5. The Bertz CT molecular complexity index is 292. The van der Waals surface area contributed by atoms with E-state index in [9.17, 15) is 0 Å². The first-order valence-corrected chi connectivity index (χ1v) is 7.73. The summed E-state index contributed by atoms with van der Waals surface area (Å²) < 4.78 is 11.5. The highest BCUT2D eigenvalue weighted by Gasteiger charge is 2.30. The number of rotatable bonds is 6. The van der Waals surface area contributed by atoms with Crippen LogP contribution in [0, 0.1) is 0 Å². The summed E-state index contributed by atoms with van der Waals surface area (Å²) in [7, 11) is 0. The van der Waals surface area contributed by atoms with Gasteiger partial charge in [0.15, 0.2) is 0 Å². The van der Waals surface area contributed by atoms with Crippen molar-refractivity contribution in [1.82, 2.24) is 10.2 Å². The van der Waals surface area contributed by atoms with Gasteiger partial charge in [-0.05, 0) is 37.9 Å². The van der Waals surface area contributed by atoms with E-state index in [2.05, 4.69) is 24.1 Å². The molecule has 110 valence electrons. The Morgan fingerprint density at radius 1 is 1.42 bits per heavy atom. The molecule has 0 aromatic heterocycles. The van der Waals surface area contributed by atoms with Crippen LogP contribution in [0.15, 0.2) is 11.8 Å². The molecule has 1 N–H and O–H groups in total. The van der Waals surface area contributed by atoms with E-state index in [0.717, 1.165) is 45.7 Å². The number of morpholine rings is 1. The molecule has 1 fully saturated rings. The molecule has 2 heterocycles. The molecule has 0 saturated carbocycles. The van der Waals surface area contributed by atoms with Gasteiger partial charge in [0.05, 0.1) is 31.6 Å². The van der Waals surface area contributed by atoms with E-state index >= 15 is 0 Å². The van der Waals surface area contributed by atoms with E-state index < -0.39 is 0 Å². The van der Waals surface area contributed by atoms with Gasteiger partial charge in [0.1, 0.15) is 0 Å². The minimum Gasteiger partial charge on any atom is -0.501 e. The van der Waals surface area contributed by atoms with Crippen LogP contribution in [-0.4, -0.2) is 56.4 Å². The van der Waals surface area contributed by atoms with Crippen LogP contribution in [-0.2, 0) is 9.47 Å². The second-order valence-electron chi connectivity index (χ2n) is 5.41. The van der Waals surface area contributed by atoms with Gasteiger partial charge in [0.2, 0.25) is 0 Å². The molecule has 2 aliphatic heterocycles. The van der Waals surface area contributed by atoms with Crippen LogP contribution in [0.25, 0.3) is 0 Å². The number of nitrogens with zero attached hydrogens (tertiary/aromatic N) is 1. The third-order valence-corrected chi connectivity index (χ3v) is 3.88. The largest absolute Gasteiger partial charge is 0.501 e. The average Bonchev–Trinajstić information content (AvgIpc) is 2.46. The number of ether oxygens (including phenoxy) is 2. The first kappa shape index (κ1) is 14.8. The number of hydrogen-bond donors (Lipinski definition) is 1. The summed E-state index contributed by atoms with van der Waals surface area (Å²) in [4.78, 5) is 2.52. The molecule has 0 aromatic carbocycles. The molecule has 4 nitrogen and oxygen atoms in total. The van der Waals surface area contributed by atoms with Gasteiger partial charge >= 0.3 is 0 Å². The summed E-state index contributed by atoms with van der Waals surface area (Å²) in [6, 6.07) is 0.310. The van der Waals surface area contributed by atoms with Crippen LogP contribution >= 0.6 is 0 Å². The molecule has 4 heteroatoms. The fourth-order valence-electron chi connectivity index (χ4n) is 2.99. The summed E-state index contributed by atoms with van der Waals surface area (Å²) in [5.41, 5.74) is 1.37. The van der Waals surface area contributed by atoms with Crippen LogP contribution in [0.3, 0.4) is 0 Å². The van der Waals surface area contributed by atoms with Crippen LogP contribution in [0.2, 0.25) is 0 Å². The van der Waals surface area contributed by atoms with Crippen molar-refractivity contribution >= 4 is 0 Å². The van der Waals surface area contributed by atoms with Gasteiger partial charge in [-0.15, -0.1) is 0 Å². The van der Waals surface area contributed by atoms with E-state index in [-0.39, 0.29) is 6.10 Å². The molecular weight excluding hydrogens is 240 g/mol. The SMILES string of the molecule is CCCN1CCOC(C(NCC)C2=COCCC2)C1. The molecule has 2 atom stereocenters. The lowest BCUT2D eigenvalue weighted by Gasteiger charge is -2.38. The molecule has 2 aliphatic rings. The Morgan fingerprint density at radius 3 is 3.00 bits per heavy atom. The standard InChI is InChI=1S/C15H28N2O2/c1-3-7-17-8-10-19-14(11-17)15(16-4-2)13-6-5-9-18-12-13/h12,14-16H,3-11H2,1-2H3. The van der Waals surface area contributed by atoms with Crippen LogP contribution in [0.5, 0.6) is 0 Å². The van der Waals surface area contributed by atoms with Crippen molar-refractivity contribution < 1.29 is 9.47 Å². The van der Waals surface area contributed by atoms with Gasteiger partial charge in [-0.3, -0.25) is 4.90 Å². The minimum atomic E-state index is 0.258. The van der Waals surface area contributed by atoms with Crippen LogP contribution in [0.1, 0.15) is 33.1 Å². The first-order valence-electron chi connectivity index (χ1n) is 7.73. The van der Waals surface area contributed by atoms with Crippen LogP contribution < -0.4 is 5.32 Å². The summed E-state index contributed by atoms with van der Waals surface area (Å²) in [5, 5.41) is 3.58. The lowest BCUT2D eigenvalue weighted by Crippen LogP contribution is -2.53. The van der Waals surface area contributed by atoms with E-state index in [1.54, 1.807) is 0 Å². The van der Waals surface area contributed by atoms with Gasteiger partial charge in [-0.2, -0.15) is 0 Å². The van der Waals surface area contributed by atoms with Crippen molar-refractivity contribution in [3.63, 3.8) is 0 Å². The number of nitrogens with one attached hydrogen (secondary N) is 1. The van der Waals surface area contributed by atoms with E-state index in [0.29, 0.717) is 6.04 Å². The lowest BCUT2D eigenvalue weighted by atomic mass is 9.96. The lowest BCUT2D eigenvalue weighted by molar-refractivity contribution is -0.0415. The van der Waals surface area contributed by atoms with E-state index in [1.807, 2.05) is 6.26 Å². The summed E-state index contributed by atoms with van der Waals surface area (Å²) in [5.74, 6) is 0. The quantitative estimate of drug-likeness (QED) is 0.796. The van der Waals surface area contributed by atoms with Crippen LogP contribution in [0.4, 0.5) is 0 Å². The Balaban J connectivity index is 1.99. The van der Waals surface area contributed by atoms with E-state index in [1.165, 1.54) is 18.5 Å². The normalized spacial score (nSPS) is 26.6. The Hall–Kier alpha value is -0.580. The predicted octanol–water partition coefficient (Wildman–Crippen LogP) is 1.77. The molecule has 0 aromatic rings. The van der Waals surface area contributed by atoms with Gasteiger partial charge in [0.25, 0.3) is 0 Å². The fourth-order valence-corrected chi connectivity index (χ4v) is 2.99. The highest BCUT2D eigenvalue weighted by molar-refractivity contribution is 5.13. The molecule has 2 rings (SSSR count). The Labute approximate surface area is 117 Å². The van der Waals surface area contributed by atoms with Crippen molar-refractivity contribution in [2.45, 2.75) is 45.3 Å². The first-order chi connectivity index (χ1) is 9.35.